The van der Waals surface area contributed by atoms with Crippen LogP contribution in [0, 0.1) is 13.8 Å². The minimum absolute atomic E-state index is 0.00292. The molecule has 4 amide bonds. The lowest BCUT2D eigenvalue weighted by Gasteiger charge is -2.38. The maximum Gasteiger partial charge on any atom is 0.416 e. The van der Waals surface area contributed by atoms with Crippen molar-refractivity contribution in [2.24, 2.45) is 0 Å². The molecule has 0 radical (unpaired) electrons. The number of aliphatic hydroxyl groups is 2. The number of hydrogen-bond donors (Lipinski definition) is 3. The zero-order chi connectivity index (χ0) is 40.8. The van der Waals surface area contributed by atoms with E-state index in [4.69, 9.17) is 14.2 Å². The van der Waals surface area contributed by atoms with Crippen molar-refractivity contribution in [1.82, 2.24) is 9.80 Å². The molecule has 0 spiro atoms. The van der Waals surface area contributed by atoms with Gasteiger partial charge in [-0.25, -0.2) is 19.4 Å². The van der Waals surface area contributed by atoms with Crippen LogP contribution >= 0.6 is 0 Å². The van der Waals surface area contributed by atoms with Crippen molar-refractivity contribution in [3.05, 3.63) is 108 Å². The Morgan fingerprint density at radius 1 is 0.737 bits per heavy atom. The number of fused-ring (bicyclic) bond motifs is 4. The van der Waals surface area contributed by atoms with E-state index < -0.39 is 36.7 Å². The Morgan fingerprint density at radius 3 is 1.74 bits per heavy atom. The van der Waals surface area contributed by atoms with Gasteiger partial charge in [0, 0.05) is 25.2 Å². The third kappa shape index (κ3) is 8.47. The quantitative estimate of drug-likeness (QED) is 0.235. The Kier molecular flexibility index (Phi) is 12.8. The molecule has 14 nitrogen and oxygen atoms in total. The van der Waals surface area contributed by atoms with E-state index in [1.165, 1.54) is 23.1 Å². The van der Waals surface area contributed by atoms with Gasteiger partial charge in [0.2, 0.25) is 0 Å². The second-order valence-corrected chi connectivity index (χ2v) is 14.5. The second kappa shape index (κ2) is 17.9. The number of carbonyl (C=O) groups excluding carboxylic acids is 4. The van der Waals surface area contributed by atoms with Gasteiger partial charge in [-0.2, -0.15) is 0 Å². The summed E-state index contributed by atoms with van der Waals surface area (Å²) >= 11 is 0. The smallest absolute Gasteiger partial charge is 0.416 e. The van der Waals surface area contributed by atoms with Crippen molar-refractivity contribution in [2.75, 3.05) is 36.1 Å². The van der Waals surface area contributed by atoms with E-state index in [1.54, 1.807) is 34.9 Å². The Bertz CT molecular complexity index is 2000. The third-order valence-corrected chi connectivity index (χ3v) is 10.7. The van der Waals surface area contributed by atoms with Crippen LogP contribution in [0.1, 0.15) is 75.9 Å². The van der Waals surface area contributed by atoms with Gasteiger partial charge in [-0.05, 0) is 81.2 Å². The number of benzene rings is 3. The number of anilines is 2. The van der Waals surface area contributed by atoms with Gasteiger partial charge in [0.25, 0.3) is 11.8 Å². The molecule has 0 aromatic heterocycles. The maximum atomic E-state index is 13.4. The van der Waals surface area contributed by atoms with Crippen LogP contribution in [-0.2, 0) is 16.1 Å². The minimum atomic E-state index is -1.25. The lowest BCUT2D eigenvalue weighted by atomic mass is 10.00. The fourth-order valence-electron chi connectivity index (χ4n) is 7.78. The van der Waals surface area contributed by atoms with Crippen LogP contribution in [0.2, 0.25) is 0 Å². The summed E-state index contributed by atoms with van der Waals surface area (Å²) < 4.78 is 16.4. The number of aromatic hydroxyl groups is 1. The van der Waals surface area contributed by atoms with Gasteiger partial charge in [0.05, 0.1) is 34.6 Å². The Balaban J connectivity index is 0.000000199. The average Bonchev–Trinajstić information content (AvgIpc) is 3.37. The molecule has 14 heteroatoms. The molecule has 2 fully saturated rings. The molecule has 3 aromatic rings. The Morgan fingerprint density at radius 2 is 1.23 bits per heavy atom. The topological polar surface area (TPSA) is 170 Å². The van der Waals surface area contributed by atoms with Crippen LogP contribution in [0.5, 0.6) is 11.5 Å². The molecule has 0 aliphatic carbocycles. The summed E-state index contributed by atoms with van der Waals surface area (Å²) in [5.74, 6) is 0.0375. The van der Waals surface area contributed by atoms with E-state index in [1.807, 2.05) is 37.3 Å². The predicted molar refractivity (Wildman–Crippen MR) is 212 cm³/mol. The number of nitrogens with zero attached hydrogens (tertiary/aromatic N) is 4. The normalized spacial score (nSPS) is 21.3. The van der Waals surface area contributed by atoms with Gasteiger partial charge in [-0.1, -0.05) is 55.6 Å². The van der Waals surface area contributed by atoms with Crippen molar-refractivity contribution in [1.29, 1.82) is 0 Å². The number of rotatable bonds is 7. The average molecular weight is 783 g/mol. The summed E-state index contributed by atoms with van der Waals surface area (Å²) in [7, 11) is 0. The number of carbonyl (C=O) groups is 4. The van der Waals surface area contributed by atoms with Crippen LogP contribution in [-0.4, -0.2) is 100.0 Å². The number of aliphatic hydroxyl groups excluding tert-OH is 2. The summed E-state index contributed by atoms with van der Waals surface area (Å²) in [5, 5.41) is 32.1. The first kappa shape index (κ1) is 40.8. The lowest BCUT2D eigenvalue weighted by molar-refractivity contribution is 0.0233. The zero-order valence-electron chi connectivity index (χ0n) is 32.3. The number of hydrogen-bond acceptors (Lipinski definition) is 10. The first-order valence-electron chi connectivity index (χ1n) is 19.2. The molecule has 302 valence electrons. The summed E-state index contributed by atoms with van der Waals surface area (Å²) in [6.45, 7) is 12.0. The van der Waals surface area contributed by atoms with Gasteiger partial charge < -0.3 is 39.3 Å². The van der Waals surface area contributed by atoms with E-state index in [9.17, 15) is 34.5 Å². The number of amides is 4. The highest BCUT2D eigenvalue weighted by molar-refractivity contribution is 6.06. The molecular formula is C43H50N4O10. The Hall–Kier alpha value is -5.86. The summed E-state index contributed by atoms with van der Waals surface area (Å²) in [6, 6.07) is 15.0. The maximum absolute atomic E-state index is 13.4. The molecule has 4 atom stereocenters. The number of ether oxygens (including phenoxy) is 3. The first-order valence-corrected chi connectivity index (χ1v) is 19.2. The van der Waals surface area contributed by atoms with Crippen molar-refractivity contribution in [3.63, 3.8) is 0 Å². The Labute approximate surface area is 332 Å². The van der Waals surface area contributed by atoms with E-state index in [-0.39, 0.29) is 42.0 Å². The van der Waals surface area contributed by atoms with Crippen LogP contribution in [0.25, 0.3) is 0 Å². The number of phenolic OH excluding ortho intramolecular Hbond substituents is 1. The summed E-state index contributed by atoms with van der Waals surface area (Å²) in [4.78, 5) is 57.5. The van der Waals surface area contributed by atoms with Crippen molar-refractivity contribution in [3.8, 4) is 11.5 Å². The molecule has 3 aromatic carbocycles. The van der Waals surface area contributed by atoms with Crippen LogP contribution in [0.15, 0.2) is 79.9 Å². The summed E-state index contributed by atoms with van der Waals surface area (Å²) in [5.41, 5.74) is 3.37. The molecule has 0 saturated carbocycles. The van der Waals surface area contributed by atoms with Crippen molar-refractivity contribution in [2.45, 2.75) is 83.5 Å². The molecule has 57 heavy (non-hydrogen) atoms. The fraction of sp³-hybridized carbons (Fsp3) is 0.395. The zero-order valence-corrected chi connectivity index (χ0v) is 32.3. The molecule has 4 aliphatic heterocycles. The number of aryl methyl sites for hydroxylation is 2. The van der Waals surface area contributed by atoms with Crippen LogP contribution in [0.4, 0.5) is 21.0 Å². The van der Waals surface area contributed by atoms with Crippen LogP contribution < -0.4 is 14.5 Å². The van der Waals surface area contributed by atoms with E-state index in [2.05, 4.69) is 13.2 Å². The second-order valence-electron chi connectivity index (χ2n) is 14.5. The highest BCUT2D eigenvalue weighted by Gasteiger charge is 2.45. The molecular weight excluding hydrogens is 732 g/mol. The van der Waals surface area contributed by atoms with Gasteiger partial charge >= 0.3 is 12.2 Å². The number of phenols is 1. The SMILES string of the molecule is C=CCOC(=O)N1c2cc(O)c(C)cc2C(=O)N2CCCC[C@H]2C1O.C=CCOC(=O)N1c2cc(OCc3ccccc3)c(C)cc2C(=O)N2CCCC[C@H]2C1O. The van der Waals surface area contributed by atoms with Crippen LogP contribution in [0.3, 0.4) is 0 Å². The van der Waals surface area contributed by atoms with Gasteiger partial charge in [-0.15, -0.1) is 0 Å². The van der Waals surface area contributed by atoms with Gasteiger partial charge in [0.15, 0.2) is 12.5 Å². The fourth-order valence-corrected chi connectivity index (χ4v) is 7.78. The van der Waals surface area contributed by atoms with E-state index in [0.29, 0.717) is 55.1 Å². The van der Waals surface area contributed by atoms with Crippen molar-refractivity contribution < 1.29 is 48.7 Å². The first-order chi connectivity index (χ1) is 27.5. The number of piperidine rings is 2. The molecule has 3 N–H and O–H groups in total. The lowest BCUT2D eigenvalue weighted by Crippen LogP contribution is -2.55. The summed E-state index contributed by atoms with van der Waals surface area (Å²) in [6.07, 6.45) is 3.58. The largest absolute Gasteiger partial charge is 0.508 e. The minimum Gasteiger partial charge on any atom is -0.508 e. The molecule has 0 bridgehead atoms. The molecule has 2 saturated heterocycles. The molecule has 4 aliphatic rings. The molecule has 7 rings (SSSR count). The third-order valence-electron chi connectivity index (χ3n) is 10.7. The van der Waals surface area contributed by atoms with E-state index >= 15 is 0 Å². The van der Waals surface area contributed by atoms with E-state index in [0.717, 1.165) is 41.7 Å². The standard InChI is InChI=1S/C25H28N2O5.C18H22N2O5/c1-3-13-31-25(30)27-21-15-22(32-16-18-9-5-4-6-10-18)17(2)14-19(21)23(28)26-12-8-7-11-20(26)24(27)29;1-3-8-25-18(24)20-14-10-15(21)11(2)9-12(14)16(22)19-7-5-4-6-13(19)17(20)23/h3-6,9-10,14-15,20,24,29H,1,7-8,11-13,16H2,2H3;3,9-10,13,17,21,23H,1,4-8H2,2H3/t20-,24?;13-,17?/m00/s1. The van der Waals surface area contributed by atoms with Gasteiger partial charge in [-0.3, -0.25) is 9.59 Å². The highest BCUT2D eigenvalue weighted by atomic mass is 16.6. The molecule has 4 heterocycles. The van der Waals surface area contributed by atoms with Crippen molar-refractivity contribution >= 4 is 35.4 Å². The predicted octanol–water partition coefficient (Wildman–Crippen LogP) is 6.19. The van der Waals surface area contributed by atoms with Gasteiger partial charge in [0.1, 0.15) is 31.3 Å². The highest BCUT2D eigenvalue weighted by Crippen LogP contribution is 2.39. The molecule has 2 unspecified atom stereocenters. The monoisotopic (exact) mass is 782 g/mol.